The van der Waals surface area contributed by atoms with Crippen molar-refractivity contribution in [2.45, 2.75) is 38.3 Å². The first kappa shape index (κ1) is 21.0. The third-order valence-corrected chi connectivity index (χ3v) is 6.54. The van der Waals surface area contributed by atoms with Gasteiger partial charge in [0.25, 0.3) is 0 Å². The zero-order valence-electron chi connectivity index (χ0n) is 18.0. The summed E-state index contributed by atoms with van der Waals surface area (Å²) in [5.41, 5.74) is 3.72. The van der Waals surface area contributed by atoms with Gasteiger partial charge < -0.3 is 15.0 Å². The van der Waals surface area contributed by atoms with Crippen LogP contribution < -0.4 is 5.32 Å². The van der Waals surface area contributed by atoms with Gasteiger partial charge in [-0.1, -0.05) is 42.5 Å². The van der Waals surface area contributed by atoms with Crippen LogP contribution in [0.5, 0.6) is 0 Å². The summed E-state index contributed by atoms with van der Waals surface area (Å²) in [6.07, 6.45) is 3.44. The fraction of sp³-hybridized carbons (Fsp3) is 0.480. The number of amides is 1. The summed E-state index contributed by atoms with van der Waals surface area (Å²) < 4.78 is 5.95. The van der Waals surface area contributed by atoms with Gasteiger partial charge in [0.2, 0.25) is 5.91 Å². The highest BCUT2D eigenvalue weighted by Crippen LogP contribution is 2.33. The van der Waals surface area contributed by atoms with Gasteiger partial charge >= 0.3 is 0 Å². The molecule has 0 unspecified atom stereocenters. The van der Waals surface area contributed by atoms with Crippen molar-refractivity contribution in [3.05, 3.63) is 65.7 Å². The maximum Gasteiger partial charge on any atom is 0.221 e. The highest BCUT2D eigenvalue weighted by Gasteiger charge is 2.41. The Morgan fingerprint density at radius 3 is 2.43 bits per heavy atom. The van der Waals surface area contributed by atoms with Crippen molar-refractivity contribution in [2.75, 3.05) is 44.7 Å². The minimum Gasteiger partial charge on any atom is -0.378 e. The molecule has 0 radical (unpaired) electrons. The number of carbonyl (C=O) groups is 1. The molecule has 2 aromatic rings. The van der Waals surface area contributed by atoms with E-state index in [0.717, 1.165) is 70.9 Å². The number of hydrogen-bond donors (Lipinski definition) is 1. The van der Waals surface area contributed by atoms with E-state index >= 15 is 0 Å². The quantitative estimate of drug-likeness (QED) is 0.795. The van der Waals surface area contributed by atoms with Crippen LogP contribution in [0, 0.1) is 0 Å². The molecule has 1 N–H and O–H groups in total. The van der Waals surface area contributed by atoms with E-state index in [9.17, 15) is 4.79 Å². The summed E-state index contributed by atoms with van der Waals surface area (Å²) in [6, 6.07) is 19.0. The molecule has 0 aliphatic carbocycles. The second-order valence-electron chi connectivity index (χ2n) is 8.65. The van der Waals surface area contributed by atoms with E-state index in [1.807, 2.05) is 12.1 Å². The van der Waals surface area contributed by atoms with Gasteiger partial charge in [0.05, 0.1) is 13.2 Å². The maximum atomic E-state index is 11.2. The molecule has 0 atom stereocenters. The minimum absolute atomic E-state index is 0.0334. The molecular formula is C25H33N3O2. The molecule has 5 heteroatoms. The maximum absolute atomic E-state index is 11.2. The molecule has 2 fully saturated rings. The van der Waals surface area contributed by atoms with Gasteiger partial charge in [-0.2, -0.15) is 0 Å². The summed E-state index contributed by atoms with van der Waals surface area (Å²) in [7, 11) is 0. The smallest absolute Gasteiger partial charge is 0.221 e. The first-order chi connectivity index (χ1) is 14.6. The summed E-state index contributed by atoms with van der Waals surface area (Å²) in [4.78, 5) is 16.5. The van der Waals surface area contributed by atoms with Crippen LogP contribution in [0.3, 0.4) is 0 Å². The fourth-order valence-electron chi connectivity index (χ4n) is 4.71. The predicted octanol–water partition coefficient (Wildman–Crippen LogP) is 3.55. The molecule has 160 valence electrons. The number of morpholine rings is 1. The van der Waals surface area contributed by atoms with Gasteiger partial charge in [0.1, 0.15) is 0 Å². The molecule has 30 heavy (non-hydrogen) atoms. The van der Waals surface area contributed by atoms with Gasteiger partial charge in [-0.25, -0.2) is 0 Å². The molecule has 2 saturated heterocycles. The largest absolute Gasteiger partial charge is 0.378 e. The van der Waals surface area contributed by atoms with Crippen molar-refractivity contribution >= 4 is 11.6 Å². The number of anilines is 1. The molecule has 2 aliphatic rings. The summed E-state index contributed by atoms with van der Waals surface area (Å²) >= 11 is 0. The molecule has 2 heterocycles. The zero-order valence-corrected chi connectivity index (χ0v) is 18.0. The lowest BCUT2D eigenvalue weighted by Gasteiger charge is -2.51. The normalized spacial score (nSPS) is 19.6. The number of nitrogens with one attached hydrogen (secondary N) is 1. The highest BCUT2D eigenvalue weighted by atomic mass is 16.5. The zero-order chi connectivity index (χ0) is 20.8. The van der Waals surface area contributed by atoms with E-state index in [1.54, 1.807) is 0 Å². The lowest BCUT2D eigenvalue weighted by Crippen LogP contribution is -2.61. The number of likely N-dealkylation sites (tertiary alicyclic amines) is 1. The van der Waals surface area contributed by atoms with Crippen LogP contribution in [0.4, 0.5) is 5.69 Å². The van der Waals surface area contributed by atoms with Crippen LogP contribution >= 0.6 is 0 Å². The molecule has 2 aliphatic heterocycles. The van der Waals surface area contributed by atoms with Crippen molar-refractivity contribution in [1.29, 1.82) is 0 Å². The molecule has 0 aromatic heterocycles. The Labute approximate surface area is 180 Å². The van der Waals surface area contributed by atoms with Crippen molar-refractivity contribution in [3.8, 4) is 0 Å². The Balaban J connectivity index is 1.33. The number of nitrogens with zero attached hydrogens (tertiary/aromatic N) is 2. The second-order valence-corrected chi connectivity index (χ2v) is 8.65. The second kappa shape index (κ2) is 9.73. The molecule has 1 amide bonds. The number of ether oxygens (including phenoxy) is 1. The molecule has 5 nitrogen and oxygen atoms in total. The van der Waals surface area contributed by atoms with Crippen molar-refractivity contribution in [1.82, 2.24) is 9.80 Å². The Morgan fingerprint density at radius 1 is 1.00 bits per heavy atom. The Morgan fingerprint density at radius 2 is 1.73 bits per heavy atom. The Kier molecular flexibility index (Phi) is 6.82. The van der Waals surface area contributed by atoms with Crippen LogP contribution in [-0.2, 0) is 22.5 Å². The monoisotopic (exact) mass is 407 g/mol. The van der Waals surface area contributed by atoms with Crippen molar-refractivity contribution in [3.63, 3.8) is 0 Å². The number of benzene rings is 2. The van der Waals surface area contributed by atoms with E-state index in [2.05, 4.69) is 57.6 Å². The molecular weight excluding hydrogens is 374 g/mol. The molecule has 0 saturated carbocycles. The molecule has 1 spiro atoms. The number of carbonyl (C=O) groups excluding carboxylic acids is 1. The summed E-state index contributed by atoms with van der Waals surface area (Å²) in [5.74, 6) is -0.0334. The van der Waals surface area contributed by atoms with Crippen LogP contribution in [-0.4, -0.2) is 60.6 Å². The summed E-state index contributed by atoms with van der Waals surface area (Å²) in [5, 5.41) is 2.84. The standard InChI is InChI=1S/C25H33N3O2/c1-21(29)26-24-9-7-23(8-10-24)19-28-17-18-30-20-25(28)12-15-27(16-13-25)14-11-22-5-3-2-4-6-22/h2-10H,11-20H2,1H3,(H,26,29). The lowest BCUT2D eigenvalue weighted by atomic mass is 9.84. The Hall–Kier alpha value is -2.21. The number of rotatable bonds is 6. The SMILES string of the molecule is CC(=O)Nc1ccc(CN2CCOCC23CCN(CCc2ccccc2)CC3)cc1. The van der Waals surface area contributed by atoms with Gasteiger partial charge in [0, 0.05) is 37.8 Å². The van der Waals surface area contributed by atoms with Gasteiger partial charge in [-0.05, 0) is 55.6 Å². The topological polar surface area (TPSA) is 44.8 Å². The van der Waals surface area contributed by atoms with E-state index in [1.165, 1.54) is 18.1 Å². The van der Waals surface area contributed by atoms with E-state index in [-0.39, 0.29) is 11.4 Å². The predicted molar refractivity (Wildman–Crippen MR) is 121 cm³/mol. The van der Waals surface area contributed by atoms with Gasteiger partial charge in [-0.3, -0.25) is 9.69 Å². The number of piperidine rings is 1. The van der Waals surface area contributed by atoms with E-state index in [0.29, 0.717) is 0 Å². The van der Waals surface area contributed by atoms with E-state index in [4.69, 9.17) is 4.74 Å². The van der Waals surface area contributed by atoms with Crippen LogP contribution in [0.1, 0.15) is 30.9 Å². The molecule has 2 aromatic carbocycles. The molecule has 0 bridgehead atoms. The van der Waals surface area contributed by atoms with Gasteiger partial charge in [0.15, 0.2) is 0 Å². The third kappa shape index (κ3) is 5.28. The highest BCUT2D eigenvalue weighted by molar-refractivity contribution is 5.88. The van der Waals surface area contributed by atoms with Crippen LogP contribution in [0.15, 0.2) is 54.6 Å². The molecule has 4 rings (SSSR count). The average Bonchev–Trinajstić information content (AvgIpc) is 2.77. The minimum atomic E-state index is -0.0334. The fourth-order valence-corrected chi connectivity index (χ4v) is 4.71. The van der Waals surface area contributed by atoms with Crippen molar-refractivity contribution < 1.29 is 9.53 Å². The Bertz CT molecular complexity index is 814. The van der Waals surface area contributed by atoms with E-state index < -0.39 is 0 Å². The lowest BCUT2D eigenvalue weighted by molar-refractivity contribution is -0.114. The van der Waals surface area contributed by atoms with Gasteiger partial charge in [-0.15, -0.1) is 0 Å². The van der Waals surface area contributed by atoms with Crippen LogP contribution in [0.2, 0.25) is 0 Å². The first-order valence-corrected chi connectivity index (χ1v) is 11.1. The summed E-state index contributed by atoms with van der Waals surface area (Å²) in [6.45, 7) is 8.50. The third-order valence-electron chi connectivity index (χ3n) is 6.54. The van der Waals surface area contributed by atoms with Crippen molar-refractivity contribution in [2.24, 2.45) is 0 Å². The number of hydrogen-bond acceptors (Lipinski definition) is 4. The van der Waals surface area contributed by atoms with Crippen LogP contribution in [0.25, 0.3) is 0 Å². The average molecular weight is 408 g/mol. The first-order valence-electron chi connectivity index (χ1n) is 11.1.